The minimum absolute atomic E-state index is 0.119. The number of nitrogens with zero attached hydrogens (tertiary/aromatic N) is 2. The molecule has 1 atom stereocenters. The molecule has 0 fully saturated rings. The van der Waals surface area contributed by atoms with Crippen LogP contribution >= 0.6 is 0 Å². The molecule has 4 nitrogen and oxygen atoms in total. The van der Waals surface area contributed by atoms with Crippen LogP contribution in [0, 0.1) is 0 Å². The molecule has 1 aliphatic carbocycles. The molecule has 0 amide bonds. The molecule has 0 aromatic carbocycles. The summed E-state index contributed by atoms with van der Waals surface area (Å²) in [5.74, 6) is -0.629. The Kier molecular flexibility index (Phi) is 1.96. The van der Waals surface area contributed by atoms with Crippen molar-refractivity contribution >= 4 is 5.97 Å². The Labute approximate surface area is 75.6 Å². The summed E-state index contributed by atoms with van der Waals surface area (Å²) < 4.78 is 0. The van der Waals surface area contributed by atoms with Crippen LogP contribution in [-0.4, -0.2) is 21.0 Å². The van der Waals surface area contributed by atoms with Gasteiger partial charge >= 0.3 is 5.97 Å². The smallest absolute Gasteiger partial charge is 0.303 e. The first-order valence-electron chi connectivity index (χ1n) is 4.28. The van der Waals surface area contributed by atoms with E-state index in [4.69, 9.17) is 5.11 Å². The molecule has 1 N–H and O–H groups in total. The molecule has 4 heteroatoms. The molecule has 68 valence electrons. The van der Waals surface area contributed by atoms with E-state index < -0.39 is 5.97 Å². The Hall–Kier alpha value is -1.45. The van der Waals surface area contributed by atoms with Crippen molar-refractivity contribution in [2.75, 3.05) is 0 Å². The van der Waals surface area contributed by atoms with Crippen molar-refractivity contribution in [1.29, 1.82) is 0 Å². The normalized spacial score (nSPS) is 19.8. The van der Waals surface area contributed by atoms with E-state index >= 15 is 0 Å². The first kappa shape index (κ1) is 8.16. The van der Waals surface area contributed by atoms with Crippen molar-refractivity contribution in [1.82, 2.24) is 9.97 Å². The largest absolute Gasteiger partial charge is 0.481 e. The molecule has 1 aromatic heterocycles. The average Bonchev–Trinajstić information content (AvgIpc) is 2.48. The first-order chi connectivity index (χ1) is 6.27. The Morgan fingerprint density at radius 3 is 3.31 bits per heavy atom. The topological polar surface area (TPSA) is 63.1 Å². The lowest BCUT2D eigenvalue weighted by atomic mass is 10.0. The van der Waals surface area contributed by atoms with Gasteiger partial charge in [-0.2, -0.15) is 0 Å². The number of hydrogen-bond donors (Lipinski definition) is 1. The zero-order valence-electron chi connectivity index (χ0n) is 7.10. The predicted molar refractivity (Wildman–Crippen MR) is 45.3 cm³/mol. The molecule has 0 bridgehead atoms. The van der Waals surface area contributed by atoms with Gasteiger partial charge in [0.1, 0.15) is 6.33 Å². The fraction of sp³-hybridized carbons (Fsp3) is 0.444. The molecule has 0 radical (unpaired) electrons. The van der Waals surface area contributed by atoms with Gasteiger partial charge in [0.15, 0.2) is 0 Å². The van der Waals surface area contributed by atoms with Crippen LogP contribution in [0.15, 0.2) is 12.5 Å². The van der Waals surface area contributed by atoms with E-state index in [-0.39, 0.29) is 12.3 Å². The molecule has 13 heavy (non-hydrogen) atoms. The molecule has 0 saturated carbocycles. The molecule has 1 unspecified atom stereocenters. The van der Waals surface area contributed by atoms with Gasteiger partial charge in [0.25, 0.3) is 0 Å². The van der Waals surface area contributed by atoms with E-state index in [0.717, 1.165) is 24.1 Å². The van der Waals surface area contributed by atoms with E-state index in [0.29, 0.717) is 0 Å². The van der Waals surface area contributed by atoms with Crippen molar-refractivity contribution in [3.63, 3.8) is 0 Å². The number of carboxylic acids is 1. The third-order valence-electron chi connectivity index (χ3n) is 2.42. The summed E-state index contributed by atoms with van der Waals surface area (Å²) in [6, 6.07) is 0. The number of fused-ring (bicyclic) bond motifs is 1. The molecule has 2 rings (SSSR count). The summed E-state index contributed by atoms with van der Waals surface area (Å²) in [7, 11) is 0. The van der Waals surface area contributed by atoms with Gasteiger partial charge in [0.05, 0.1) is 6.42 Å². The maximum atomic E-state index is 10.5. The Morgan fingerprint density at radius 2 is 2.54 bits per heavy atom. The van der Waals surface area contributed by atoms with Crippen LogP contribution in [0.4, 0.5) is 0 Å². The van der Waals surface area contributed by atoms with Crippen molar-refractivity contribution in [3.8, 4) is 0 Å². The van der Waals surface area contributed by atoms with Crippen molar-refractivity contribution in [2.24, 2.45) is 0 Å². The number of hydrogen-bond acceptors (Lipinski definition) is 3. The standard InChI is InChI=1S/C9H10N2O2/c12-9(13)3-6-1-2-8-7(6)4-10-5-11-8/h4-6H,1-3H2,(H,12,13). The van der Waals surface area contributed by atoms with Gasteiger partial charge in [-0.05, 0) is 24.3 Å². The fourth-order valence-electron chi connectivity index (χ4n) is 1.80. The highest BCUT2D eigenvalue weighted by Crippen LogP contribution is 2.33. The van der Waals surface area contributed by atoms with Crippen LogP contribution in [0.25, 0.3) is 0 Å². The first-order valence-corrected chi connectivity index (χ1v) is 4.28. The predicted octanol–water partition coefficient (Wildman–Crippen LogP) is 0.981. The van der Waals surface area contributed by atoms with Crippen LogP contribution in [-0.2, 0) is 11.2 Å². The van der Waals surface area contributed by atoms with Gasteiger partial charge in [-0.1, -0.05) is 0 Å². The Balaban J connectivity index is 2.23. The van der Waals surface area contributed by atoms with Gasteiger partial charge < -0.3 is 5.11 Å². The van der Waals surface area contributed by atoms with Gasteiger partial charge in [-0.25, -0.2) is 9.97 Å². The van der Waals surface area contributed by atoms with Crippen LogP contribution in [0.2, 0.25) is 0 Å². The van der Waals surface area contributed by atoms with E-state index in [2.05, 4.69) is 9.97 Å². The summed E-state index contributed by atoms with van der Waals surface area (Å²) in [5, 5.41) is 8.66. The van der Waals surface area contributed by atoms with Gasteiger partial charge in [0.2, 0.25) is 0 Å². The zero-order chi connectivity index (χ0) is 9.26. The van der Waals surface area contributed by atoms with Gasteiger partial charge in [0, 0.05) is 11.9 Å². The second-order valence-corrected chi connectivity index (χ2v) is 3.26. The number of carboxylic acid groups (broad SMARTS) is 1. The van der Waals surface area contributed by atoms with E-state index in [9.17, 15) is 4.79 Å². The number of carbonyl (C=O) groups is 1. The molecule has 1 aromatic rings. The minimum atomic E-state index is -0.748. The second-order valence-electron chi connectivity index (χ2n) is 3.26. The Bertz CT molecular complexity index is 338. The molecular weight excluding hydrogens is 168 g/mol. The SMILES string of the molecule is O=C(O)CC1CCc2ncncc21. The van der Waals surface area contributed by atoms with Crippen LogP contribution < -0.4 is 0 Å². The third kappa shape index (κ3) is 1.52. The summed E-state index contributed by atoms with van der Waals surface area (Å²) in [5.41, 5.74) is 2.03. The molecule has 1 aliphatic rings. The fourth-order valence-corrected chi connectivity index (χ4v) is 1.80. The number of aliphatic carboxylic acids is 1. The number of rotatable bonds is 2. The summed E-state index contributed by atoms with van der Waals surface area (Å²) >= 11 is 0. The number of aromatic nitrogens is 2. The molecule has 1 heterocycles. The van der Waals surface area contributed by atoms with E-state index in [1.807, 2.05) is 0 Å². The van der Waals surface area contributed by atoms with Crippen LogP contribution in [0.1, 0.15) is 30.0 Å². The van der Waals surface area contributed by atoms with Crippen LogP contribution in [0.3, 0.4) is 0 Å². The summed E-state index contributed by atoms with van der Waals surface area (Å²) in [6.07, 6.45) is 5.22. The van der Waals surface area contributed by atoms with Crippen LogP contribution in [0.5, 0.6) is 0 Å². The summed E-state index contributed by atoms with van der Waals surface area (Å²) in [4.78, 5) is 18.5. The van der Waals surface area contributed by atoms with Gasteiger partial charge in [-0.3, -0.25) is 4.79 Å². The lowest BCUT2D eigenvalue weighted by molar-refractivity contribution is -0.137. The van der Waals surface area contributed by atoms with E-state index in [1.54, 1.807) is 6.20 Å². The lowest BCUT2D eigenvalue weighted by Gasteiger charge is -2.05. The van der Waals surface area contributed by atoms with Crippen molar-refractivity contribution < 1.29 is 9.90 Å². The third-order valence-corrected chi connectivity index (χ3v) is 2.42. The quantitative estimate of drug-likeness (QED) is 0.733. The highest BCUT2D eigenvalue weighted by molar-refractivity contribution is 5.68. The highest BCUT2D eigenvalue weighted by Gasteiger charge is 2.25. The lowest BCUT2D eigenvalue weighted by Crippen LogP contribution is -2.03. The monoisotopic (exact) mass is 178 g/mol. The molecular formula is C9H10N2O2. The molecule has 0 spiro atoms. The summed E-state index contributed by atoms with van der Waals surface area (Å²) in [6.45, 7) is 0. The average molecular weight is 178 g/mol. The molecule has 0 aliphatic heterocycles. The van der Waals surface area contributed by atoms with E-state index in [1.165, 1.54) is 6.33 Å². The number of aryl methyl sites for hydroxylation is 1. The Morgan fingerprint density at radius 1 is 1.69 bits per heavy atom. The maximum Gasteiger partial charge on any atom is 0.303 e. The molecule has 0 saturated heterocycles. The second kappa shape index (κ2) is 3.12. The maximum absolute atomic E-state index is 10.5. The minimum Gasteiger partial charge on any atom is -0.481 e. The van der Waals surface area contributed by atoms with Crippen molar-refractivity contribution in [2.45, 2.75) is 25.2 Å². The van der Waals surface area contributed by atoms with Gasteiger partial charge in [-0.15, -0.1) is 0 Å². The highest BCUT2D eigenvalue weighted by atomic mass is 16.4. The van der Waals surface area contributed by atoms with Crippen molar-refractivity contribution in [3.05, 3.63) is 23.8 Å². The zero-order valence-corrected chi connectivity index (χ0v) is 7.10.